The lowest BCUT2D eigenvalue weighted by Crippen LogP contribution is -2.34. The molecular weight excluding hydrogens is 545 g/mol. The minimum atomic E-state index is -0.899. The summed E-state index contributed by atoms with van der Waals surface area (Å²) >= 11 is 11.8. The predicted octanol–water partition coefficient (Wildman–Crippen LogP) is 5.03. The maximum absolute atomic E-state index is 13.2. The summed E-state index contributed by atoms with van der Waals surface area (Å²) < 4.78 is 10.6. The van der Waals surface area contributed by atoms with Crippen molar-refractivity contribution < 1.29 is 28.3 Å². The molecular formula is C28H23Cl2N3O6. The van der Waals surface area contributed by atoms with Crippen LogP contribution in [0.25, 0.3) is 6.08 Å². The summed E-state index contributed by atoms with van der Waals surface area (Å²) in [5, 5.41) is 5.45. The van der Waals surface area contributed by atoms with Crippen LogP contribution in [0.5, 0.6) is 0 Å². The maximum atomic E-state index is 13.2. The molecule has 1 aliphatic heterocycles. The third-order valence-corrected chi connectivity index (χ3v) is 6.59. The lowest BCUT2D eigenvalue weighted by Gasteiger charge is -2.21. The van der Waals surface area contributed by atoms with Crippen molar-refractivity contribution in [3.8, 4) is 0 Å². The second kappa shape index (κ2) is 11.6. The van der Waals surface area contributed by atoms with Crippen molar-refractivity contribution in [2.24, 2.45) is 0 Å². The molecule has 1 aliphatic rings. The molecule has 200 valence electrons. The van der Waals surface area contributed by atoms with Crippen LogP contribution in [0.2, 0.25) is 10.0 Å². The first-order chi connectivity index (χ1) is 18.6. The highest BCUT2D eigenvalue weighted by molar-refractivity contribution is 6.43. The van der Waals surface area contributed by atoms with Crippen molar-refractivity contribution >= 4 is 64.2 Å². The fraction of sp³-hybridized carbons (Fsp3) is 0.143. The van der Waals surface area contributed by atoms with Crippen molar-refractivity contribution in [3.63, 3.8) is 0 Å². The maximum Gasteiger partial charge on any atom is 0.343 e. The molecule has 0 saturated carbocycles. The van der Waals surface area contributed by atoms with Crippen LogP contribution >= 0.6 is 23.2 Å². The fourth-order valence-corrected chi connectivity index (χ4v) is 4.19. The molecule has 2 N–H and O–H groups in total. The largest absolute Gasteiger partial charge is 0.465 e. The molecule has 2 amide bonds. The van der Waals surface area contributed by atoms with Gasteiger partial charge < -0.3 is 24.7 Å². The number of aryl methyl sites for hydroxylation is 1. The Kier molecular flexibility index (Phi) is 8.23. The van der Waals surface area contributed by atoms with E-state index >= 15 is 0 Å². The SMILES string of the molecule is COC(=O)C1=C(C)N(c2ccc(C)cc2)/C(=C/c2ccc(CNC(=O)C(=O)Nc3ccc(Cl)c(Cl)c3)o2)C1=O. The molecule has 0 atom stereocenters. The van der Waals surface area contributed by atoms with Gasteiger partial charge in [-0.15, -0.1) is 0 Å². The van der Waals surface area contributed by atoms with Crippen LogP contribution in [0, 0.1) is 6.92 Å². The zero-order chi connectivity index (χ0) is 28.3. The molecule has 0 radical (unpaired) electrons. The number of nitrogens with one attached hydrogen (secondary N) is 2. The quantitative estimate of drug-likeness (QED) is 0.185. The number of benzene rings is 2. The van der Waals surface area contributed by atoms with Crippen molar-refractivity contribution in [1.82, 2.24) is 5.32 Å². The second-order valence-corrected chi connectivity index (χ2v) is 9.37. The first-order valence-corrected chi connectivity index (χ1v) is 12.4. The minimum absolute atomic E-state index is 0.0728. The zero-order valence-corrected chi connectivity index (χ0v) is 22.6. The molecule has 0 fully saturated rings. The van der Waals surface area contributed by atoms with E-state index in [1.807, 2.05) is 31.2 Å². The number of ketones is 1. The van der Waals surface area contributed by atoms with Gasteiger partial charge in [-0.05, 0) is 56.3 Å². The Morgan fingerprint density at radius 1 is 0.974 bits per heavy atom. The van der Waals surface area contributed by atoms with E-state index in [2.05, 4.69) is 10.6 Å². The number of carbonyl (C=O) groups excluding carboxylic acids is 4. The number of allylic oxidation sites excluding steroid dienone is 2. The Balaban J connectivity index is 1.49. The predicted molar refractivity (Wildman–Crippen MR) is 147 cm³/mol. The van der Waals surface area contributed by atoms with Gasteiger partial charge in [0.2, 0.25) is 5.78 Å². The smallest absolute Gasteiger partial charge is 0.343 e. The molecule has 0 aliphatic carbocycles. The summed E-state index contributed by atoms with van der Waals surface area (Å²) in [6, 6.07) is 15.1. The van der Waals surface area contributed by atoms with E-state index in [1.165, 1.54) is 31.4 Å². The number of halogens is 2. The van der Waals surface area contributed by atoms with E-state index in [0.717, 1.165) is 5.56 Å². The molecule has 3 aromatic rings. The van der Waals surface area contributed by atoms with Crippen LogP contribution in [0.1, 0.15) is 24.0 Å². The number of Topliss-reactive ketones (excluding diaryl/α,β-unsaturated/α-hetero) is 1. The first kappa shape index (κ1) is 27.7. The number of anilines is 2. The molecule has 2 heterocycles. The van der Waals surface area contributed by atoms with E-state index in [0.29, 0.717) is 33.6 Å². The van der Waals surface area contributed by atoms with Crippen molar-refractivity contribution in [2.45, 2.75) is 20.4 Å². The molecule has 0 saturated heterocycles. The van der Waals surface area contributed by atoms with E-state index in [-0.39, 0.29) is 22.8 Å². The van der Waals surface area contributed by atoms with Crippen LogP contribution in [0.4, 0.5) is 11.4 Å². The molecule has 39 heavy (non-hydrogen) atoms. The summed E-state index contributed by atoms with van der Waals surface area (Å²) in [6.07, 6.45) is 1.50. The highest BCUT2D eigenvalue weighted by Crippen LogP contribution is 2.36. The van der Waals surface area contributed by atoms with Crippen LogP contribution < -0.4 is 15.5 Å². The van der Waals surface area contributed by atoms with E-state index in [9.17, 15) is 19.2 Å². The standard InChI is InChI=1S/C28H23Cl2N3O6/c1-15-4-7-18(8-5-15)33-16(2)24(28(37)38-3)25(34)23(33)13-19-9-10-20(39-19)14-31-26(35)27(36)32-17-6-11-21(29)22(30)12-17/h4-13H,14H2,1-3H3,(H,31,35)(H,32,36)/b23-13+. The fourth-order valence-electron chi connectivity index (χ4n) is 3.90. The van der Waals surface area contributed by atoms with Crippen molar-refractivity contribution in [2.75, 3.05) is 17.3 Å². The molecule has 0 bridgehead atoms. The number of hydrogen-bond donors (Lipinski definition) is 2. The molecule has 0 unspecified atom stereocenters. The van der Waals surface area contributed by atoms with Crippen molar-refractivity contribution in [1.29, 1.82) is 0 Å². The van der Waals surface area contributed by atoms with Gasteiger partial charge in [-0.25, -0.2) is 4.79 Å². The minimum Gasteiger partial charge on any atom is -0.465 e. The summed E-state index contributed by atoms with van der Waals surface area (Å²) in [5.41, 5.74) is 2.58. The average Bonchev–Trinajstić information content (AvgIpc) is 3.46. The number of methoxy groups -OCH3 is 1. The molecule has 2 aromatic carbocycles. The average molecular weight is 568 g/mol. The van der Waals surface area contributed by atoms with Gasteiger partial charge >= 0.3 is 17.8 Å². The Labute approximate surface area is 234 Å². The van der Waals surface area contributed by atoms with Crippen LogP contribution in [-0.2, 0) is 30.5 Å². The number of hydrogen-bond acceptors (Lipinski definition) is 7. The van der Waals surface area contributed by atoms with Gasteiger partial charge in [-0.3, -0.25) is 14.4 Å². The van der Waals surface area contributed by atoms with Gasteiger partial charge in [0.15, 0.2) is 0 Å². The van der Waals surface area contributed by atoms with Gasteiger partial charge in [0.25, 0.3) is 0 Å². The Bertz CT molecular complexity index is 1540. The lowest BCUT2D eigenvalue weighted by molar-refractivity contribution is -0.137. The highest BCUT2D eigenvalue weighted by atomic mass is 35.5. The number of ether oxygens (including phenoxy) is 1. The first-order valence-electron chi connectivity index (χ1n) is 11.6. The number of amides is 2. The molecule has 1 aromatic heterocycles. The highest BCUT2D eigenvalue weighted by Gasteiger charge is 2.38. The van der Waals surface area contributed by atoms with E-state index < -0.39 is 23.6 Å². The number of rotatable bonds is 6. The zero-order valence-electron chi connectivity index (χ0n) is 21.1. The van der Waals surface area contributed by atoms with Crippen molar-refractivity contribution in [3.05, 3.63) is 98.7 Å². The van der Waals surface area contributed by atoms with Gasteiger partial charge in [0, 0.05) is 23.1 Å². The summed E-state index contributed by atoms with van der Waals surface area (Å²) in [7, 11) is 1.21. The molecule has 0 spiro atoms. The summed E-state index contributed by atoms with van der Waals surface area (Å²) in [5.74, 6) is -2.40. The van der Waals surface area contributed by atoms with E-state index in [4.69, 9.17) is 32.4 Å². The Morgan fingerprint density at radius 3 is 2.36 bits per heavy atom. The van der Waals surface area contributed by atoms with Gasteiger partial charge in [0.05, 0.1) is 29.4 Å². The second-order valence-electron chi connectivity index (χ2n) is 8.55. The van der Waals surface area contributed by atoms with Crippen LogP contribution in [0.3, 0.4) is 0 Å². The van der Waals surface area contributed by atoms with E-state index in [1.54, 1.807) is 24.0 Å². The lowest BCUT2D eigenvalue weighted by atomic mass is 10.1. The number of esters is 1. The van der Waals surface area contributed by atoms with Crippen LogP contribution in [0.15, 0.2) is 76.0 Å². The van der Waals surface area contributed by atoms with Crippen LogP contribution in [-0.4, -0.2) is 30.7 Å². The number of carbonyl (C=O) groups is 4. The molecule has 9 nitrogen and oxygen atoms in total. The Hall–Kier alpha value is -4.34. The van der Waals surface area contributed by atoms with Gasteiger partial charge in [-0.2, -0.15) is 0 Å². The normalized spacial score (nSPS) is 14.1. The van der Waals surface area contributed by atoms with Gasteiger partial charge in [-0.1, -0.05) is 40.9 Å². The Morgan fingerprint density at radius 2 is 1.69 bits per heavy atom. The monoisotopic (exact) mass is 567 g/mol. The number of furan rings is 1. The molecule has 4 rings (SSSR count). The number of nitrogens with zero attached hydrogens (tertiary/aromatic N) is 1. The third kappa shape index (κ3) is 6.05. The van der Waals surface area contributed by atoms with Gasteiger partial charge in [0.1, 0.15) is 17.1 Å². The third-order valence-electron chi connectivity index (χ3n) is 5.85. The summed E-state index contributed by atoms with van der Waals surface area (Å²) in [6.45, 7) is 3.52. The molecule has 11 heteroatoms. The summed E-state index contributed by atoms with van der Waals surface area (Å²) in [4.78, 5) is 51.7. The topological polar surface area (TPSA) is 118 Å².